The van der Waals surface area contributed by atoms with Crippen molar-refractivity contribution in [1.82, 2.24) is 0 Å². The Balaban J connectivity index is 2.05. The lowest BCUT2D eigenvalue weighted by Gasteiger charge is -2.45. The number of nitrogens with two attached hydrogens (primary N) is 2. The molecule has 1 saturated carbocycles. The molecule has 0 atom stereocenters. The second kappa shape index (κ2) is 5.76. The first kappa shape index (κ1) is 15.6. The number of aromatic hydroxyl groups is 1. The van der Waals surface area contributed by atoms with Crippen molar-refractivity contribution in [3.05, 3.63) is 23.8 Å². The third-order valence-electron chi connectivity index (χ3n) is 4.75. The van der Waals surface area contributed by atoms with Gasteiger partial charge in [-0.3, -0.25) is 4.90 Å². The summed E-state index contributed by atoms with van der Waals surface area (Å²) in [7, 11) is 0. The summed E-state index contributed by atoms with van der Waals surface area (Å²) in [6.07, 6.45) is 5.13. The molecule has 0 saturated heterocycles. The van der Waals surface area contributed by atoms with Crippen molar-refractivity contribution in [2.75, 3.05) is 4.90 Å². The number of hydrogen-bond donors (Lipinski definition) is 3. The Morgan fingerprint density at radius 2 is 1.87 bits per heavy atom. The molecule has 3 rings (SSSR count). The molecular formula is C17H25N5O. The maximum atomic E-state index is 10.3. The van der Waals surface area contributed by atoms with Gasteiger partial charge in [-0.15, -0.1) is 0 Å². The monoisotopic (exact) mass is 315 g/mol. The first-order valence-corrected chi connectivity index (χ1v) is 8.25. The van der Waals surface area contributed by atoms with Gasteiger partial charge in [-0.1, -0.05) is 26.3 Å². The number of aliphatic imine (C=N–C) groups is 2. The van der Waals surface area contributed by atoms with Crippen molar-refractivity contribution < 1.29 is 5.11 Å². The first-order chi connectivity index (χ1) is 10.9. The van der Waals surface area contributed by atoms with Crippen LogP contribution in [-0.4, -0.2) is 22.7 Å². The van der Waals surface area contributed by atoms with E-state index in [1.807, 2.05) is 17.0 Å². The fourth-order valence-corrected chi connectivity index (χ4v) is 3.65. The molecule has 0 aromatic heterocycles. The molecule has 0 unspecified atom stereocenters. The van der Waals surface area contributed by atoms with Crippen molar-refractivity contribution in [1.29, 1.82) is 0 Å². The molecule has 6 heteroatoms. The Bertz CT molecular complexity index is 659. The Kier molecular flexibility index (Phi) is 3.92. The number of hydrogen-bond acceptors (Lipinski definition) is 6. The van der Waals surface area contributed by atoms with Crippen LogP contribution in [0.2, 0.25) is 0 Å². The van der Waals surface area contributed by atoms with Gasteiger partial charge in [0.1, 0.15) is 11.4 Å². The van der Waals surface area contributed by atoms with E-state index in [1.165, 1.54) is 6.42 Å². The van der Waals surface area contributed by atoms with Crippen LogP contribution in [0.3, 0.4) is 0 Å². The largest absolute Gasteiger partial charge is 0.508 e. The van der Waals surface area contributed by atoms with E-state index < -0.39 is 5.66 Å². The van der Waals surface area contributed by atoms with Crippen LogP contribution in [0.5, 0.6) is 5.75 Å². The van der Waals surface area contributed by atoms with Crippen molar-refractivity contribution in [3.8, 4) is 5.75 Å². The standard InChI is InChI=1S/C17H25N5O/c1-11(2)13-7-6-12(10-14(13)23)22-16(19)20-15(18)21-17(22)8-4-3-5-9-17/h6-7,10-11,23H,3-5,8-9H2,1-2H3,(H4,18,19,20,21). The lowest BCUT2D eigenvalue weighted by Crippen LogP contribution is -2.58. The highest BCUT2D eigenvalue weighted by Crippen LogP contribution is 2.41. The number of phenols is 1. The van der Waals surface area contributed by atoms with Gasteiger partial charge in [0.05, 0.1) is 0 Å². The van der Waals surface area contributed by atoms with Crippen LogP contribution in [0, 0.1) is 0 Å². The van der Waals surface area contributed by atoms with E-state index in [0.29, 0.717) is 5.96 Å². The number of guanidine groups is 2. The van der Waals surface area contributed by atoms with Crippen molar-refractivity contribution >= 4 is 17.6 Å². The van der Waals surface area contributed by atoms with Crippen LogP contribution < -0.4 is 16.4 Å². The molecule has 1 aliphatic heterocycles. The van der Waals surface area contributed by atoms with E-state index in [2.05, 4.69) is 23.8 Å². The maximum Gasteiger partial charge on any atom is 0.220 e. The fraction of sp³-hybridized carbons (Fsp3) is 0.529. The number of rotatable bonds is 2. The predicted molar refractivity (Wildman–Crippen MR) is 93.7 cm³/mol. The Hall–Kier alpha value is -2.24. The zero-order valence-corrected chi connectivity index (χ0v) is 13.8. The first-order valence-electron chi connectivity index (χ1n) is 8.25. The summed E-state index contributed by atoms with van der Waals surface area (Å²) < 4.78 is 0. The van der Waals surface area contributed by atoms with Crippen LogP contribution >= 0.6 is 0 Å². The number of phenolic OH excluding ortho intramolecular Hbond substituents is 1. The number of nitrogens with zero attached hydrogens (tertiary/aromatic N) is 3. The smallest absolute Gasteiger partial charge is 0.220 e. The molecule has 5 N–H and O–H groups in total. The van der Waals surface area contributed by atoms with Crippen molar-refractivity contribution in [2.45, 2.75) is 57.5 Å². The second-order valence-electron chi connectivity index (χ2n) is 6.72. The van der Waals surface area contributed by atoms with E-state index in [1.54, 1.807) is 6.07 Å². The molecule has 1 aromatic rings. The summed E-state index contributed by atoms with van der Waals surface area (Å²) in [5.74, 6) is 1.12. The lowest BCUT2D eigenvalue weighted by molar-refractivity contribution is 0.305. The molecule has 124 valence electrons. The third kappa shape index (κ3) is 2.73. The maximum absolute atomic E-state index is 10.3. The van der Waals surface area contributed by atoms with E-state index in [-0.39, 0.29) is 17.6 Å². The molecule has 0 bridgehead atoms. The molecule has 1 spiro atoms. The highest BCUT2D eigenvalue weighted by molar-refractivity contribution is 6.05. The lowest BCUT2D eigenvalue weighted by atomic mass is 9.87. The molecule has 6 nitrogen and oxygen atoms in total. The van der Waals surface area contributed by atoms with E-state index >= 15 is 0 Å². The molecule has 1 aliphatic carbocycles. The zero-order chi connectivity index (χ0) is 16.6. The summed E-state index contributed by atoms with van der Waals surface area (Å²) in [5, 5.41) is 10.3. The minimum absolute atomic E-state index is 0.240. The van der Waals surface area contributed by atoms with Gasteiger partial charge in [-0.25, -0.2) is 4.99 Å². The van der Waals surface area contributed by atoms with E-state index in [9.17, 15) is 5.11 Å². The Labute approximate surface area is 136 Å². The van der Waals surface area contributed by atoms with Crippen LogP contribution in [0.15, 0.2) is 28.2 Å². The van der Waals surface area contributed by atoms with Crippen molar-refractivity contribution in [3.63, 3.8) is 0 Å². The predicted octanol–water partition coefficient (Wildman–Crippen LogP) is 2.63. The van der Waals surface area contributed by atoms with Crippen LogP contribution in [-0.2, 0) is 0 Å². The molecule has 23 heavy (non-hydrogen) atoms. The topological polar surface area (TPSA) is 100 Å². The highest BCUT2D eigenvalue weighted by atomic mass is 16.3. The number of anilines is 1. The molecule has 1 heterocycles. The van der Waals surface area contributed by atoms with E-state index in [4.69, 9.17) is 11.5 Å². The van der Waals surface area contributed by atoms with Crippen LogP contribution in [0.1, 0.15) is 57.4 Å². The molecule has 0 radical (unpaired) electrons. The average Bonchev–Trinajstić information content (AvgIpc) is 2.46. The minimum Gasteiger partial charge on any atom is -0.508 e. The summed E-state index contributed by atoms with van der Waals surface area (Å²) in [5.41, 5.74) is 13.3. The minimum atomic E-state index is -0.472. The fourth-order valence-electron chi connectivity index (χ4n) is 3.65. The molecular weight excluding hydrogens is 290 g/mol. The number of benzene rings is 1. The van der Waals surface area contributed by atoms with Gasteiger partial charge in [0.15, 0.2) is 0 Å². The summed E-state index contributed by atoms with van der Waals surface area (Å²) in [6, 6.07) is 5.68. The zero-order valence-electron chi connectivity index (χ0n) is 13.8. The second-order valence-corrected chi connectivity index (χ2v) is 6.72. The third-order valence-corrected chi connectivity index (χ3v) is 4.75. The van der Waals surface area contributed by atoms with Gasteiger partial charge in [0.2, 0.25) is 11.9 Å². The van der Waals surface area contributed by atoms with Crippen LogP contribution in [0.25, 0.3) is 0 Å². The quantitative estimate of drug-likeness (QED) is 0.781. The molecule has 2 aliphatic rings. The molecule has 1 aromatic carbocycles. The summed E-state index contributed by atoms with van der Waals surface area (Å²) >= 11 is 0. The van der Waals surface area contributed by atoms with Gasteiger partial charge in [0, 0.05) is 11.8 Å². The Morgan fingerprint density at radius 1 is 1.17 bits per heavy atom. The van der Waals surface area contributed by atoms with E-state index in [0.717, 1.165) is 36.9 Å². The van der Waals surface area contributed by atoms with Crippen LogP contribution in [0.4, 0.5) is 5.69 Å². The summed E-state index contributed by atoms with van der Waals surface area (Å²) in [6.45, 7) is 4.11. The van der Waals surface area contributed by atoms with Gasteiger partial charge in [-0.05, 0) is 43.2 Å². The highest BCUT2D eigenvalue weighted by Gasteiger charge is 2.42. The average molecular weight is 315 g/mol. The Morgan fingerprint density at radius 3 is 2.48 bits per heavy atom. The normalized spacial score (nSPS) is 20.6. The van der Waals surface area contributed by atoms with Crippen molar-refractivity contribution in [2.24, 2.45) is 21.5 Å². The molecule has 0 amide bonds. The molecule has 1 fully saturated rings. The van der Waals surface area contributed by atoms with Gasteiger partial charge in [-0.2, -0.15) is 4.99 Å². The van der Waals surface area contributed by atoms with Gasteiger partial charge >= 0.3 is 0 Å². The van der Waals surface area contributed by atoms with Gasteiger partial charge < -0.3 is 16.6 Å². The van der Waals surface area contributed by atoms with Gasteiger partial charge in [0.25, 0.3) is 0 Å². The summed E-state index contributed by atoms with van der Waals surface area (Å²) in [4.78, 5) is 10.7. The SMILES string of the molecule is CC(C)c1ccc(N2C(N)=NC(N)=NC23CCCCC3)cc1O.